The smallest absolute Gasteiger partial charge is 0.254 e. The Balaban J connectivity index is 1.34. The molecule has 0 atom stereocenters. The standard InChI is InChI=1S/C18H19N5O2/c24-18(13-5-8-25-12-13)22-15-1-3-16(4-2-15)23-11-14(9-21-23)17-10-19-6-7-20-17/h5-12,15-16H,1-4H2,(H,22,24). The molecule has 0 spiro atoms. The molecule has 0 radical (unpaired) electrons. The predicted molar refractivity (Wildman–Crippen MR) is 90.7 cm³/mol. The molecule has 25 heavy (non-hydrogen) atoms. The van der Waals surface area contributed by atoms with Crippen LogP contribution in [0.1, 0.15) is 42.1 Å². The van der Waals surface area contributed by atoms with Crippen LogP contribution in [0, 0.1) is 0 Å². The van der Waals surface area contributed by atoms with Crippen LogP contribution in [0.5, 0.6) is 0 Å². The van der Waals surface area contributed by atoms with Gasteiger partial charge in [0.05, 0.1) is 36.0 Å². The third kappa shape index (κ3) is 3.45. The molecule has 1 fully saturated rings. The van der Waals surface area contributed by atoms with Crippen LogP contribution in [0.15, 0.2) is 54.0 Å². The van der Waals surface area contributed by atoms with Crippen LogP contribution in [-0.4, -0.2) is 31.7 Å². The molecule has 0 aliphatic heterocycles. The molecule has 1 amide bonds. The third-order valence-corrected chi connectivity index (χ3v) is 4.65. The van der Waals surface area contributed by atoms with Crippen LogP contribution < -0.4 is 5.32 Å². The molecule has 0 aromatic carbocycles. The molecule has 1 aliphatic carbocycles. The minimum absolute atomic E-state index is 0.0683. The van der Waals surface area contributed by atoms with E-state index in [1.165, 1.54) is 12.5 Å². The van der Waals surface area contributed by atoms with Crippen molar-refractivity contribution in [2.45, 2.75) is 37.8 Å². The molecule has 0 bridgehead atoms. The van der Waals surface area contributed by atoms with Gasteiger partial charge in [0.25, 0.3) is 5.91 Å². The van der Waals surface area contributed by atoms with E-state index >= 15 is 0 Å². The summed E-state index contributed by atoms with van der Waals surface area (Å²) < 4.78 is 6.97. The predicted octanol–water partition coefficient (Wildman–Crippen LogP) is 2.85. The van der Waals surface area contributed by atoms with Crippen LogP contribution in [-0.2, 0) is 0 Å². The van der Waals surface area contributed by atoms with Gasteiger partial charge in [0.1, 0.15) is 6.26 Å². The first-order chi connectivity index (χ1) is 12.3. The zero-order valence-electron chi connectivity index (χ0n) is 13.7. The van der Waals surface area contributed by atoms with Crippen molar-refractivity contribution < 1.29 is 9.21 Å². The second-order valence-corrected chi connectivity index (χ2v) is 6.29. The number of nitrogens with zero attached hydrogens (tertiary/aromatic N) is 4. The van der Waals surface area contributed by atoms with Crippen molar-refractivity contribution in [1.29, 1.82) is 0 Å². The highest BCUT2D eigenvalue weighted by molar-refractivity contribution is 5.93. The molecule has 3 aromatic rings. The summed E-state index contributed by atoms with van der Waals surface area (Å²) in [5.74, 6) is -0.0683. The molecule has 0 saturated heterocycles. The zero-order valence-corrected chi connectivity index (χ0v) is 13.7. The summed E-state index contributed by atoms with van der Waals surface area (Å²) in [5.41, 5.74) is 2.38. The van der Waals surface area contributed by atoms with Crippen molar-refractivity contribution >= 4 is 5.91 Å². The lowest BCUT2D eigenvalue weighted by Gasteiger charge is -2.29. The van der Waals surface area contributed by atoms with Crippen molar-refractivity contribution in [1.82, 2.24) is 25.1 Å². The number of carbonyl (C=O) groups is 1. The van der Waals surface area contributed by atoms with Crippen molar-refractivity contribution in [3.63, 3.8) is 0 Å². The molecular weight excluding hydrogens is 318 g/mol. The molecular formula is C18H19N5O2. The lowest BCUT2D eigenvalue weighted by Crippen LogP contribution is -2.37. The van der Waals surface area contributed by atoms with E-state index in [0.29, 0.717) is 11.6 Å². The van der Waals surface area contributed by atoms with Crippen LogP contribution in [0.2, 0.25) is 0 Å². The summed E-state index contributed by atoms with van der Waals surface area (Å²) in [7, 11) is 0. The van der Waals surface area contributed by atoms with Gasteiger partial charge in [-0.2, -0.15) is 5.10 Å². The minimum atomic E-state index is -0.0683. The molecule has 7 heteroatoms. The summed E-state index contributed by atoms with van der Waals surface area (Å²) >= 11 is 0. The molecule has 3 aromatic heterocycles. The van der Waals surface area contributed by atoms with Gasteiger partial charge in [-0.25, -0.2) is 0 Å². The van der Waals surface area contributed by atoms with E-state index in [9.17, 15) is 4.79 Å². The van der Waals surface area contributed by atoms with Crippen LogP contribution >= 0.6 is 0 Å². The fourth-order valence-corrected chi connectivity index (χ4v) is 3.27. The SMILES string of the molecule is O=C(NC1CCC(n2cc(-c3cnccn3)cn2)CC1)c1ccoc1. The van der Waals surface area contributed by atoms with Crippen molar-refractivity contribution in [2.24, 2.45) is 0 Å². The summed E-state index contributed by atoms with van der Waals surface area (Å²) in [6.45, 7) is 0. The van der Waals surface area contributed by atoms with Crippen molar-refractivity contribution in [3.8, 4) is 11.3 Å². The monoisotopic (exact) mass is 337 g/mol. The van der Waals surface area contributed by atoms with Gasteiger partial charge in [0.2, 0.25) is 0 Å². The molecule has 0 unspecified atom stereocenters. The number of hydrogen-bond acceptors (Lipinski definition) is 5. The number of furan rings is 1. The summed E-state index contributed by atoms with van der Waals surface area (Å²) in [5, 5.41) is 7.57. The maximum absolute atomic E-state index is 12.1. The van der Waals surface area contributed by atoms with Gasteiger partial charge in [-0.3, -0.25) is 19.4 Å². The molecule has 4 rings (SSSR count). The van der Waals surface area contributed by atoms with Crippen LogP contribution in [0.4, 0.5) is 0 Å². The van der Waals surface area contributed by atoms with E-state index in [1.54, 1.807) is 24.7 Å². The molecule has 7 nitrogen and oxygen atoms in total. The number of carbonyl (C=O) groups excluding carboxylic acids is 1. The van der Waals surface area contributed by atoms with E-state index < -0.39 is 0 Å². The lowest BCUT2D eigenvalue weighted by atomic mass is 9.91. The van der Waals surface area contributed by atoms with E-state index in [-0.39, 0.29) is 11.9 Å². The second kappa shape index (κ2) is 6.88. The first-order valence-corrected chi connectivity index (χ1v) is 8.43. The highest BCUT2D eigenvalue weighted by Gasteiger charge is 2.24. The Morgan fingerprint density at radius 3 is 2.80 bits per heavy atom. The van der Waals surface area contributed by atoms with E-state index in [1.807, 2.05) is 17.1 Å². The number of nitrogens with one attached hydrogen (secondary N) is 1. The van der Waals surface area contributed by atoms with Gasteiger partial charge in [-0.1, -0.05) is 0 Å². The molecule has 3 heterocycles. The number of amides is 1. The fourth-order valence-electron chi connectivity index (χ4n) is 3.27. The van der Waals surface area contributed by atoms with Crippen LogP contribution in [0.25, 0.3) is 11.3 Å². The van der Waals surface area contributed by atoms with Gasteiger partial charge in [0.15, 0.2) is 0 Å². The maximum atomic E-state index is 12.1. The average molecular weight is 337 g/mol. The number of hydrogen-bond donors (Lipinski definition) is 1. The highest BCUT2D eigenvalue weighted by atomic mass is 16.3. The lowest BCUT2D eigenvalue weighted by molar-refractivity contribution is 0.0921. The largest absolute Gasteiger partial charge is 0.472 e. The topological polar surface area (TPSA) is 85.8 Å². The Labute approximate surface area is 145 Å². The first kappa shape index (κ1) is 15.6. The van der Waals surface area contributed by atoms with Crippen molar-refractivity contribution in [2.75, 3.05) is 0 Å². The Morgan fingerprint density at radius 1 is 1.20 bits per heavy atom. The van der Waals surface area contributed by atoms with Gasteiger partial charge in [0, 0.05) is 30.2 Å². The Morgan fingerprint density at radius 2 is 2.08 bits per heavy atom. The summed E-state index contributed by atoms with van der Waals surface area (Å²) in [4.78, 5) is 20.5. The normalized spacial score (nSPS) is 20.3. The Hall–Kier alpha value is -2.96. The molecule has 128 valence electrons. The van der Waals surface area contributed by atoms with E-state index in [2.05, 4.69) is 20.4 Å². The summed E-state index contributed by atoms with van der Waals surface area (Å²) in [6.07, 6.45) is 15.8. The maximum Gasteiger partial charge on any atom is 0.254 e. The summed E-state index contributed by atoms with van der Waals surface area (Å²) in [6, 6.07) is 2.24. The average Bonchev–Trinajstić information content (AvgIpc) is 3.35. The fraction of sp³-hybridized carbons (Fsp3) is 0.333. The Bertz CT molecular complexity index is 820. The highest BCUT2D eigenvalue weighted by Crippen LogP contribution is 2.29. The third-order valence-electron chi connectivity index (χ3n) is 4.65. The second-order valence-electron chi connectivity index (χ2n) is 6.29. The first-order valence-electron chi connectivity index (χ1n) is 8.43. The van der Waals surface area contributed by atoms with E-state index in [0.717, 1.165) is 36.9 Å². The molecule has 1 N–H and O–H groups in total. The minimum Gasteiger partial charge on any atom is -0.472 e. The van der Waals surface area contributed by atoms with Crippen molar-refractivity contribution in [3.05, 3.63) is 55.1 Å². The van der Waals surface area contributed by atoms with Gasteiger partial charge in [-0.15, -0.1) is 0 Å². The van der Waals surface area contributed by atoms with Gasteiger partial charge >= 0.3 is 0 Å². The zero-order chi connectivity index (χ0) is 17.1. The van der Waals surface area contributed by atoms with Crippen LogP contribution in [0.3, 0.4) is 0 Å². The van der Waals surface area contributed by atoms with E-state index in [4.69, 9.17) is 4.42 Å². The molecule has 1 saturated carbocycles. The van der Waals surface area contributed by atoms with Gasteiger partial charge in [-0.05, 0) is 31.7 Å². The quantitative estimate of drug-likeness (QED) is 0.791. The Kier molecular flexibility index (Phi) is 4.28. The molecule has 1 aliphatic rings. The number of aromatic nitrogens is 4. The number of rotatable bonds is 4. The van der Waals surface area contributed by atoms with Gasteiger partial charge < -0.3 is 9.73 Å².